The molecule has 0 atom stereocenters. The van der Waals surface area contributed by atoms with Gasteiger partial charge in [-0.05, 0) is 25.1 Å². The quantitative estimate of drug-likeness (QED) is 0.865. The van der Waals surface area contributed by atoms with Crippen LogP contribution >= 0.6 is 0 Å². The molecule has 2 aromatic heterocycles. The zero-order valence-electron chi connectivity index (χ0n) is 11.8. The molecule has 0 unspecified atom stereocenters. The van der Waals surface area contributed by atoms with Gasteiger partial charge in [-0.2, -0.15) is 0 Å². The number of nitrogens with zero attached hydrogens (tertiary/aromatic N) is 2. The van der Waals surface area contributed by atoms with Crippen LogP contribution in [0.4, 0.5) is 0 Å². The van der Waals surface area contributed by atoms with E-state index in [0.29, 0.717) is 0 Å². The Bertz CT molecular complexity index is 534. The predicted molar refractivity (Wildman–Crippen MR) is 76.4 cm³/mol. The fourth-order valence-electron chi connectivity index (χ4n) is 2.05. The van der Waals surface area contributed by atoms with E-state index in [9.17, 15) is 0 Å². The van der Waals surface area contributed by atoms with Gasteiger partial charge in [0.2, 0.25) is 0 Å². The van der Waals surface area contributed by atoms with Crippen molar-refractivity contribution in [3.05, 3.63) is 47.5 Å². The van der Waals surface area contributed by atoms with Crippen LogP contribution in [0, 0.1) is 6.92 Å². The summed E-state index contributed by atoms with van der Waals surface area (Å²) in [6.07, 6.45) is 4.24. The zero-order valence-corrected chi connectivity index (χ0v) is 11.8. The molecular formula is C15H21N3O. The Hall–Kier alpha value is -1.81. The highest BCUT2D eigenvalue weighted by Crippen LogP contribution is 2.14. The van der Waals surface area contributed by atoms with Gasteiger partial charge in [-0.15, -0.1) is 0 Å². The summed E-state index contributed by atoms with van der Waals surface area (Å²) in [6.45, 7) is 6.76. The first-order valence-corrected chi connectivity index (χ1v) is 6.58. The van der Waals surface area contributed by atoms with Gasteiger partial charge in [0.1, 0.15) is 5.75 Å². The topological polar surface area (TPSA) is 39.1 Å². The summed E-state index contributed by atoms with van der Waals surface area (Å²) in [4.78, 5) is 4.53. The number of rotatable bonds is 6. The highest BCUT2D eigenvalue weighted by Gasteiger charge is 2.02. The highest BCUT2D eigenvalue weighted by atomic mass is 16.5. The first kappa shape index (κ1) is 13.6. The Labute approximate surface area is 114 Å². The fourth-order valence-corrected chi connectivity index (χ4v) is 2.05. The number of aromatic nitrogens is 2. The number of ether oxygens (including phenoxy) is 1. The van der Waals surface area contributed by atoms with Gasteiger partial charge in [-0.3, -0.25) is 4.98 Å². The molecule has 0 aliphatic heterocycles. The summed E-state index contributed by atoms with van der Waals surface area (Å²) in [7, 11) is 1.68. The Kier molecular flexibility index (Phi) is 4.58. The molecule has 0 saturated carbocycles. The maximum Gasteiger partial charge on any atom is 0.122 e. The largest absolute Gasteiger partial charge is 0.497 e. The lowest BCUT2D eigenvalue weighted by atomic mass is 10.3. The van der Waals surface area contributed by atoms with Crippen molar-refractivity contribution in [2.75, 3.05) is 13.7 Å². The van der Waals surface area contributed by atoms with Gasteiger partial charge in [0.25, 0.3) is 0 Å². The Balaban J connectivity index is 2.08. The molecule has 0 bridgehead atoms. The average molecular weight is 259 g/mol. The van der Waals surface area contributed by atoms with E-state index in [1.54, 1.807) is 7.11 Å². The van der Waals surface area contributed by atoms with Gasteiger partial charge < -0.3 is 14.6 Å². The molecule has 0 saturated heterocycles. The summed E-state index contributed by atoms with van der Waals surface area (Å²) >= 11 is 0. The van der Waals surface area contributed by atoms with Crippen LogP contribution in [0.15, 0.2) is 30.6 Å². The second kappa shape index (κ2) is 6.38. The summed E-state index contributed by atoms with van der Waals surface area (Å²) in [5.74, 6) is 0.863. The molecule has 0 spiro atoms. The van der Waals surface area contributed by atoms with Crippen LogP contribution < -0.4 is 10.1 Å². The number of hydrogen-bond acceptors (Lipinski definition) is 3. The van der Waals surface area contributed by atoms with E-state index >= 15 is 0 Å². The van der Waals surface area contributed by atoms with Crippen molar-refractivity contribution in [3.63, 3.8) is 0 Å². The van der Waals surface area contributed by atoms with Gasteiger partial charge in [-0.1, -0.05) is 6.92 Å². The molecule has 0 fully saturated rings. The van der Waals surface area contributed by atoms with E-state index in [2.05, 4.69) is 40.3 Å². The maximum absolute atomic E-state index is 5.27. The van der Waals surface area contributed by atoms with Crippen molar-refractivity contribution in [1.82, 2.24) is 14.9 Å². The lowest BCUT2D eigenvalue weighted by Gasteiger charge is -2.07. The van der Waals surface area contributed by atoms with Crippen molar-refractivity contribution in [3.8, 4) is 5.75 Å². The van der Waals surface area contributed by atoms with Crippen LogP contribution in [0.2, 0.25) is 0 Å². The van der Waals surface area contributed by atoms with E-state index in [0.717, 1.165) is 36.8 Å². The molecule has 2 heterocycles. The third-order valence-electron chi connectivity index (χ3n) is 2.95. The highest BCUT2D eigenvalue weighted by molar-refractivity contribution is 5.27. The normalized spacial score (nSPS) is 10.7. The number of nitrogens with one attached hydrogen (secondary N) is 1. The van der Waals surface area contributed by atoms with Gasteiger partial charge >= 0.3 is 0 Å². The van der Waals surface area contributed by atoms with Gasteiger partial charge in [0, 0.05) is 36.8 Å². The minimum Gasteiger partial charge on any atom is -0.497 e. The monoisotopic (exact) mass is 259 g/mol. The third kappa shape index (κ3) is 3.83. The second-order valence-electron chi connectivity index (χ2n) is 4.61. The number of hydrogen-bond donors (Lipinski definition) is 1. The average Bonchev–Trinajstić information content (AvgIpc) is 2.83. The maximum atomic E-state index is 5.27. The molecule has 102 valence electrons. The molecule has 4 nitrogen and oxygen atoms in total. The van der Waals surface area contributed by atoms with Crippen molar-refractivity contribution < 1.29 is 4.74 Å². The van der Waals surface area contributed by atoms with E-state index in [4.69, 9.17) is 4.74 Å². The summed E-state index contributed by atoms with van der Waals surface area (Å²) in [6, 6.07) is 6.06. The summed E-state index contributed by atoms with van der Waals surface area (Å²) in [5, 5.41) is 3.32. The second-order valence-corrected chi connectivity index (χ2v) is 4.61. The van der Waals surface area contributed by atoms with Crippen LogP contribution in [0.1, 0.15) is 23.9 Å². The van der Waals surface area contributed by atoms with E-state index in [-0.39, 0.29) is 0 Å². The SMILES string of the molecule is CCNCc1ccn(Cc2cc(OC)cc(C)n2)c1. The summed E-state index contributed by atoms with van der Waals surface area (Å²) < 4.78 is 7.42. The van der Waals surface area contributed by atoms with Crippen molar-refractivity contribution in [2.24, 2.45) is 0 Å². The Morgan fingerprint density at radius 1 is 1.37 bits per heavy atom. The molecular weight excluding hydrogens is 238 g/mol. The van der Waals surface area contributed by atoms with Gasteiger partial charge in [0.05, 0.1) is 19.3 Å². The molecule has 4 heteroatoms. The van der Waals surface area contributed by atoms with E-state index in [1.165, 1.54) is 5.56 Å². The minimum atomic E-state index is 0.768. The lowest BCUT2D eigenvalue weighted by Crippen LogP contribution is -2.11. The van der Waals surface area contributed by atoms with E-state index < -0.39 is 0 Å². The molecule has 19 heavy (non-hydrogen) atoms. The van der Waals surface area contributed by atoms with Crippen LogP contribution in [0.25, 0.3) is 0 Å². The first-order valence-electron chi connectivity index (χ1n) is 6.58. The molecule has 0 aliphatic carbocycles. The lowest BCUT2D eigenvalue weighted by molar-refractivity contribution is 0.413. The van der Waals surface area contributed by atoms with Crippen LogP contribution in [-0.2, 0) is 13.1 Å². The smallest absolute Gasteiger partial charge is 0.122 e. The van der Waals surface area contributed by atoms with Crippen molar-refractivity contribution in [1.29, 1.82) is 0 Å². The molecule has 0 aromatic carbocycles. The fraction of sp³-hybridized carbons (Fsp3) is 0.400. The number of methoxy groups -OCH3 is 1. The van der Waals surface area contributed by atoms with Crippen molar-refractivity contribution in [2.45, 2.75) is 26.9 Å². The van der Waals surface area contributed by atoms with Gasteiger partial charge in [-0.25, -0.2) is 0 Å². The zero-order chi connectivity index (χ0) is 13.7. The molecule has 0 amide bonds. The molecule has 2 rings (SSSR count). The third-order valence-corrected chi connectivity index (χ3v) is 2.95. The summed E-state index contributed by atoms with van der Waals surface area (Å²) in [5.41, 5.74) is 3.29. The molecule has 2 aromatic rings. The standard InChI is InChI=1S/C15H21N3O/c1-4-16-9-13-5-6-18(10-13)11-14-8-15(19-3)7-12(2)17-14/h5-8,10,16H,4,9,11H2,1-3H3. The number of pyridine rings is 1. The van der Waals surface area contributed by atoms with Crippen LogP contribution in [-0.4, -0.2) is 23.2 Å². The van der Waals surface area contributed by atoms with Gasteiger partial charge in [0.15, 0.2) is 0 Å². The Morgan fingerprint density at radius 3 is 2.95 bits per heavy atom. The Morgan fingerprint density at radius 2 is 2.21 bits per heavy atom. The predicted octanol–water partition coefficient (Wildman–Crippen LogP) is 2.36. The number of aryl methyl sites for hydroxylation is 1. The molecule has 0 radical (unpaired) electrons. The van der Waals surface area contributed by atoms with E-state index in [1.807, 2.05) is 19.1 Å². The van der Waals surface area contributed by atoms with Crippen LogP contribution in [0.5, 0.6) is 5.75 Å². The minimum absolute atomic E-state index is 0.768. The molecule has 0 aliphatic rings. The first-order chi connectivity index (χ1) is 9.21. The van der Waals surface area contributed by atoms with Crippen LogP contribution in [0.3, 0.4) is 0 Å². The van der Waals surface area contributed by atoms with Crippen molar-refractivity contribution >= 4 is 0 Å². The molecule has 1 N–H and O–H groups in total.